The Hall–Kier alpha value is -2.70. The molecule has 1 heterocycles. The number of anilines is 1. The first kappa shape index (κ1) is 19.1. The van der Waals surface area contributed by atoms with E-state index >= 15 is 0 Å². The number of ether oxygens (including phenoxy) is 1. The summed E-state index contributed by atoms with van der Waals surface area (Å²) in [7, 11) is 1.33. The quantitative estimate of drug-likeness (QED) is 0.664. The summed E-state index contributed by atoms with van der Waals surface area (Å²) in [4.78, 5) is 16.9. The summed E-state index contributed by atoms with van der Waals surface area (Å²) in [6, 6.07) is 11.1. The Morgan fingerprint density at radius 3 is 2.52 bits per heavy atom. The van der Waals surface area contributed by atoms with Crippen molar-refractivity contribution in [2.45, 2.75) is 13.0 Å². The molecule has 2 aromatic carbocycles. The molecule has 0 bridgehead atoms. The van der Waals surface area contributed by atoms with Crippen LogP contribution in [0.15, 0.2) is 58.7 Å². The van der Waals surface area contributed by atoms with Gasteiger partial charge in [-0.3, -0.25) is 0 Å². The van der Waals surface area contributed by atoms with Gasteiger partial charge in [0, 0.05) is 27.5 Å². The number of carbonyl (C=O) groups is 1. The molecule has 0 spiro atoms. The van der Waals surface area contributed by atoms with E-state index in [1.165, 1.54) is 19.2 Å². The van der Waals surface area contributed by atoms with E-state index in [-0.39, 0.29) is 5.75 Å². The second kappa shape index (κ2) is 7.90. The highest BCUT2D eigenvalue weighted by atomic mass is 35.5. The third-order valence-corrected chi connectivity index (χ3v) is 4.45. The zero-order valence-electron chi connectivity index (χ0n) is 14.6. The van der Waals surface area contributed by atoms with E-state index in [2.05, 4.69) is 15.6 Å². The summed E-state index contributed by atoms with van der Waals surface area (Å²) in [6.07, 6.45) is 0. The van der Waals surface area contributed by atoms with Gasteiger partial charge in [0.1, 0.15) is 11.8 Å². The molecule has 0 aromatic heterocycles. The molecule has 1 atom stereocenters. The number of aromatic hydroxyl groups is 1. The fourth-order valence-electron chi connectivity index (χ4n) is 2.78. The summed E-state index contributed by atoms with van der Waals surface area (Å²) >= 11 is 11.9. The van der Waals surface area contributed by atoms with Gasteiger partial charge in [0.15, 0.2) is 0 Å². The van der Waals surface area contributed by atoms with Crippen molar-refractivity contribution >= 4 is 40.8 Å². The molecular formula is C19H17Cl2N3O3. The van der Waals surface area contributed by atoms with Gasteiger partial charge in [0.2, 0.25) is 5.96 Å². The van der Waals surface area contributed by atoms with Crippen molar-refractivity contribution in [3.8, 4) is 5.75 Å². The minimum Gasteiger partial charge on any atom is -0.508 e. The molecule has 1 aliphatic heterocycles. The van der Waals surface area contributed by atoms with Crippen LogP contribution in [0.5, 0.6) is 5.75 Å². The first-order chi connectivity index (χ1) is 12.9. The smallest absolute Gasteiger partial charge is 0.338 e. The molecule has 27 heavy (non-hydrogen) atoms. The fourth-order valence-corrected chi connectivity index (χ4v) is 3.14. The minimum absolute atomic E-state index is 0.0261. The van der Waals surface area contributed by atoms with E-state index in [4.69, 9.17) is 27.9 Å². The number of hydrogen-bond acceptors (Lipinski definition) is 6. The third-order valence-electron chi connectivity index (χ3n) is 3.98. The maximum Gasteiger partial charge on any atom is 0.338 e. The van der Waals surface area contributed by atoms with E-state index in [0.717, 1.165) is 5.56 Å². The second-order valence-corrected chi connectivity index (χ2v) is 6.78. The Bertz CT molecular complexity index is 919. The summed E-state index contributed by atoms with van der Waals surface area (Å²) in [5.41, 5.74) is 2.34. The van der Waals surface area contributed by atoms with Gasteiger partial charge < -0.3 is 20.5 Å². The van der Waals surface area contributed by atoms with Gasteiger partial charge in [0.25, 0.3) is 0 Å². The lowest BCUT2D eigenvalue weighted by molar-refractivity contribution is -0.136. The van der Waals surface area contributed by atoms with Crippen LogP contribution in [0.4, 0.5) is 5.69 Å². The molecule has 8 heteroatoms. The number of rotatable bonds is 3. The van der Waals surface area contributed by atoms with Crippen LogP contribution in [0.1, 0.15) is 18.5 Å². The number of esters is 1. The molecule has 0 amide bonds. The number of hydrogen-bond donors (Lipinski definition) is 3. The van der Waals surface area contributed by atoms with Gasteiger partial charge >= 0.3 is 5.97 Å². The van der Waals surface area contributed by atoms with Crippen LogP contribution in [-0.2, 0) is 9.53 Å². The molecule has 0 saturated carbocycles. The highest BCUT2D eigenvalue weighted by Crippen LogP contribution is 2.32. The predicted molar refractivity (Wildman–Crippen MR) is 106 cm³/mol. The zero-order valence-corrected chi connectivity index (χ0v) is 16.1. The fraction of sp³-hybridized carbons (Fsp3) is 0.158. The molecule has 3 N–H and O–H groups in total. The molecule has 3 rings (SSSR count). The largest absolute Gasteiger partial charge is 0.508 e. The van der Waals surface area contributed by atoms with Crippen molar-refractivity contribution in [3.63, 3.8) is 0 Å². The van der Waals surface area contributed by atoms with Crippen LogP contribution in [0.25, 0.3) is 0 Å². The average molecular weight is 406 g/mol. The third kappa shape index (κ3) is 4.35. The first-order valence-electron chi connectivity index (χ1n) is 8.03. The number of benzene rings is 2. The van der Waals surface area contributed by atoms with E-state index < -0.39 is 12.0 Å². The van der Waals surface area contributed by atoms with Gasteiger partial charge in [0.05, 0.1) is 12.7 Å². The number of allylic oxidation sites excluding steroid dienone is 1. The molecule has 140 valence electrons. The van der Waals surface area contributed by atoms with Gasteiger partial charge in [-0.05, 0) is 36.8 Å². The Balaban J connectivity index is 1.99. The molecule has 2 aromatic rings. The van der Waals surface area contributed by atoms with Crippen LogP contribution in [-0.4, -0.2) is 24.1 Å². The normalized spacial score (nSPS) is 16.4. The highest BCUT2D eigenvalue weighted by Gasteiger charge is 2.30. The number of guanidine groups is 1. The number of phenols is 1. The van der Waals surface area contributed by atoms with Gasteiger partial charge in [-0.25, -0.2) is 9.79 Å². The van der Waals surface area contributed by atoms with Crippen molar-refractivity contribution in [1.29, 1.82) is 0 Å². The molecule has 6 nitrogen and oxygen atoms in total. The highest BCUT2D eigenvalue weighted by molar-refractivity contribution is 6.31. The Morgan fingerprint density at radius 2 is 1.89 bits per heavy atom. The molecule has 1 unspecified atom stereocenters. The number of methoxy groups -OCH3 is 1. The number of aliphatic imine (C=N–C) groups is 1. The lowest BCUT2D eigenvalue weighted by Crippen LogP contribution is -2.36. The van der Waals surface area contributed by atoms with Gasteiger partial charge in [-0.2, -0.15) is 0 Å². The Kier molecular flexibility index (Phi) is 5.58. The second-order valence-electron chi connectivity index (χ2n) is 5.91. The van der Waals surface area contributed by atoms with Gasteiger partial charge in [-0.1, -0.05) is 35.3 Å². The maximum atomic E-state index is 12.3. The van der Waals surface area contributed by atoms with Crippen LogP contribution in [0, 0.1) is 0 Å². The Labute approximate surface area is 166 Å². The number of carbonyl (C=O) groups excluding carboxylic acids is 1. The number of nitrogens with zero attached hydrogens (tertiary/aromatic N) is 1. The van der Waals surface area contributed by atoms with Crippen molar-refractivity contribution in [2.24, 2.45) is 4.99 Å². The van der Waals surface area contributed by atoms with Crippen molar-refractivity contribution in [3.05, 3.63) is 69.3 Å². The number of phenolic OH excluding ortho intramolecular Hbond substituents is 1. The van der Waals surface area contributed by atoms with Gasteiger partial charge in [-0.15, -0.1) is 0 Å². The lowest BCUT2D eigenvalue weighted by atomic mass is 9.96. The summed E-state index contributed by atoms with van der Waals surface area (Å²) in [6.45, 7) is 1.76. The standard InChI is InChI=1S/C19H17Cl2N3O3/c1-10-16(18(26)27-2)17(11-3-5-12(20)6-4-11)24-19(22-10)23-14-7-13(21)8-15(25)9-14/h3-9,17,25H,1-2H3,(H2,22,23,24). The summed E-state index contributed by atoms with van der Waals surface area (Å²) in [5.74, 6) is -0.0388. The van der Waals surface area contributed by atoms with Crippen molar-refractivity contribution < 1.29 is 14.6 Å². The Morgan fingerprint density at radius 1 is 1.19 bits per heavy atom. The van der Waals surface area contributed by atoms with Crippen LogP contribution in [0.2, 0.25) is 10.0 Å². The molecular weight excluding hydrogens is 389 g/mol. The maximum absolute atomic E-state index is 12.3. The van der Waals surface area contributed by atoms with E-state index in [1.807, 2.05) is 0 Å². The van der Waals surface area contributed by atoms with Crippen molar-refractivity contribution in [2.75, 3.05) is 12.4 Å². The van der Waals surface area contributed by atoms with Crippen LogP contribution >= 0.6 is 23.2 Å². The van der Waals surface area contributed by atoms with E-state index in [0.29, 0.717) is 33.0 Å². The van der Waals surface area contributed by atoms with E-state index in [9.17, 15) is 9.90 Å². The molecule has 0 radical (unpaired) electrons. The molecule has 0 aliphatic carbocycles. The average Bonchev–Trinajstić information content (AvgIpc) is 2.60. The number of nitrogens with one attached hydrogen (secondary N) is 2. The predicted octanol–water partition coefficient (Wildman–Crippen LogP) is 4.26. The first-order valence-corrected chi connectivity index (χ1v) is 8.79. The zero-order chi connectivity index (χ0) is 19.6. The molecule has 0 saturated heterocycles. The van der Waals surface area contributed by atoms with E-state index in [1.54, 1.807) is 37.3 Å². The SMILES string of the molecule is COC(=O)C1=C(C)NC(Nc2cc(O)cc(Cl)c2)=NC1c1ccc(Cl)cc1. The molecule has 1 aliphatic rings. The van der Waals surface area contributed by atoms with Crippen LogP contribution < -0.4 is 10.6 Å². The van der Waals surface area contributed by atoms with Crippen molar-refractivity contribution in [1.82, 2.24) is 5.32 Å². The number of halogens is 2. The lowest BCUT2D eigenvalue weighted by Gasteiger charge is -2.26. The minimum atomic E-state index is -0.578. The topological polar surface area (TPSA) is 83.0 Å². The summed E-state index contributed by atoms with van der Waals surface area (Å²) < 4.78 is 4.92. The van der Waals surface area contributed by atoms with Crippen LogP contribution in [0.3, 0.4) is 0 Å². The molecule has 0 fully saturated rings. The monoisotopic (exact) mass is 405 g/mol. The summed E-state index contributed by atoms with van der Waals surface area (Å²) in [5, 5.41) is 16.8.